The number of nitrogens with zero attached hydrogens (tertiary/aromatic N) is 2. The summed E-state index contributed by atoms with van der Waals surface area (Å²) in [7, 11) is 2.02. The van der Waals surface area contributed by atoms with Gasteiger partial charge in [-0.2, -0.15) is 0 Å². The van der Waals surface area contributed by atoms with Gasteiger partial charge in [-0.05, 0) is 67.1 Å². The van der Waals surface area contributed by atoms with Crippen LogP contribution in [0.2, 0.25) is 10.0 Å². The Labute approximate surface area is 197 Å². The van der Waals surface area contributed by atoms with Crippen LogP contribution in [-0.4, -0.2) is 39.5 Å². The Kier molecular flexibility index (Phi) is 6.24. The summed E-state index contributed by atoms with van der Waals surface area (Å²) in [5.41, 5.74) is 5.79. The molecule has 0 atom stereocenters. The number of hydrogen-bond donors (Lipinski definition) is 1. The topological polar surface area (TPSA) is 62.5 Å². The molecule has 1 aromatic heterocycles. The first-order chi connectivity index (χ1) is 15.2. The minimum absolute atomic E-state index is 0.179. The van der Waals surface area contributed by atoms with Gasteiger partial charge in [0.25, 0.3) is 5.91 Å². The molecule has 1 amide bonds. The maximum Gasteiger partial charge on any atom is 0.306 e. The lowest BCUT2D eigenvalue weighted by atomic mass is 9.96. The second kappa shape index (κ2) is 8.80. The van der Waals surface area contributed by atoms with E-state index in [1.54, 1.807) is 17.0 Å². The number of aryl methyl sites for hydroxylation is 3. The summed E-state index contributed by atoms with van der Waals surface area (Å²) < 4.78 is 2.11. The molecule has 5 nitrogen and oxygen atoms in total. The van der Waals surface area contributed by atoms with Gasteiger partial charge in [0.15, 0.2) is 0 Å². The quantitative estimate of drug-likeness (QED) is 0.534. The standard InChI is InChI=1S/C25H26Cl2N2O3/c1-14-10-15(2)22-17(13-28(3)21(22)11-14)12-19-20(26)5-4-18(23(19)27)24(30)29-8-6-16(7-9-29)25(31)32/h4-5,10-11,13,16H,6-9,12H2,1-3H3,(H,31,32). The number of carboxylic acids is 1. The second-order valence-electron chi connectivity index (χ2n) is 8.71. The Morgan fingerprint density at radius 3 is 2.47 bits per heavy atom. The van der Waals surface area contributed by atoms with Crippen molar-refractivity contribution in [1.82, 2.24) is 9.47 Å². The molecule has 2 aromatic carbocycles. The average molecular weight is 473 g/mol. The Bertz CT molecular complexity index is 1220. The Balaban J connectivity index is 1.66. The maximum absolute atomic E-state index is 13.2. The lowest BCUT2D eigenvalue weighted by molar-refractivity contribution is -0.143. The van der Waals surface area contributed by atoms with Gasteiger partial charge in [0, 0.05) is 48.7 Å². The lowest BCUT2D eigenvalue weighted by Crippen LogP contribution is -2.40. The Hall–Kier alpha value is -2.50. The van der Waals surface area contributed by atoms with Gasteiger partial charge in [-0.15, -0.1) is 0 Å². The summed E-state index contributed by atoms with van der Waals surface area (Å²) in [6, 6.07) is 7.71. The molecule has 0 spiro atoms. The van der Waals surface area contributed by atoms with E-state index in [2.05, 4.69) is 36.7 Å². The Morgan fingerprint density at radius 2 is 1.81 bits per heavy atom. The molecule has 3 aromatic rings. The zero-order valence-electron chi connectivity index (χ0n) is 18.4. The van der Waals surface area contributed by atoms with Crippen LogP contribution in [0.3, 0.4) is 0 Å². The van der Waals surface area contributed by atoms with E-state index < -0.39 is 11.9 Å². The molecule has 7 heteroatoms. The predicted molar refractivity (Wildman–Crippen MR) is 128 cm³/mol. The van der Waals surface area contributed by atoms with Crippen molar-refractivity contribution in [2.45, 2.75) is 33.1 Å². The van der Waals surface area contributed by atoms with E-state index in [0.717, 1.165) is 16.6 Å². The fraction of sp³-hybridized carbons (Fsp3) is 0.360. The number of hydrogen-bond acceptors (Lipinski definition) is 2. The van der Waals surface area contributed by atoms with E-state index in [1.165, 1.54) is 16.5 Å². The van der Waals surface area contributed by atoms with Crippen molar-refractivity contribution in [3.05, 3.63) is 68.3 Å². The van der Waals surface area contributed by atoms with Gasteiger partial charge in [-0.25, -0.2) is 0 Å². The molecule has 1 aliphatic heterocycles. The molecule has 0 radical (unpaired) electrons. The van der Waals surface area contributed by atoms with Crippen LogP contribution in [0.1, 0.15) is 45.5 Å². The first-order valence-electron chi connectivity index (χ1n) is 10.7. The van der Waals surface area contributed by atoms with E-state index in [-0.39, 0.29) is 5.91 Å². The largest absolute Gasteiger partial charge is 0.481 e. The van der Waals surface area contributed by atoms with Crippen LogP contribution in [0, 0.1) is 19.8 Å². The second-order valence-corrected chi connectivity index (χ2v) is 9.50. The van der Waals surface area contributed by atoms with Crippen molar-refractivity contribution >= 4 is 46.0 Å². The van der Waals surface area contributed by atoms with Gasteiger partial charge in [0.05, 0.1) is 16.5 Å². The molecule has 0 unspecified atom stereocenters. The third kappa shape index (κ3) is 4.12. The van der Waals surface area contributed by atoms with Gasteiger partial charge in [-0.1, -0.05) is 29.3 Å². The van der Waals surface area contributed by atoms with Crippen molar-refractivity contribution < 1.29 is 14.7 Å². The van der Waals surface area contributed by atoms with Gasteiger partial charge in [0.2, 0.25) is 0 Å². The van der Waals surface area contributed by atoms with Crippen molar-refractivity contribution in [1.29, 1.82) is 0 Å². The smallest absolute Gasteiger partial charge is 0.306 e. The van der Waals surface area contributed by atoms with Gasteiger partial charge < -0.3 is 14.6 Å². The number of halogens is 2. The van der Waals surface area contributed by atoms with E-state index >= 15 is 0 Å². The molecular formula is C25H26Cl2N2O3. The number of fused-ring (bicyclic) bond motifs is 1. The number of carboxylic acid groups (broad SMARTS) is 1. The minimum atomic E-state index is -0.801. The number of amides is 1. The monoisotopic (exact) mass is 472 g/mol. The van der Waals surface area contributed by atoms with Crippen LogP contribution in [0.15, 0.2) is 30.5 Å². The predicted octanol–water partition coefficient (Wildman–Crippen LogP) is 5.63. The fourth-order valence-electron chi connectivity index (χ4n) is 4.76. The van der Waals surface area contributed by atoms with Crippen molar-refractivity contribution in [2.75, 3.05) is 13.1 Å². The summed E-state index contributed by atoms with van der Waals surface area (Å²) in [5.74, 6) is -1.38. The SMILES string of the molecule is Cc1cc(C)c2c(Cc3c(Cl)ccc(C(=O)N4CCC(C(=O)O)CC4)c3Cl)cn(C)c2c1. The van der Waals surface area contributed by atoms with Gasteiger partial charge in [0.1, 0.15) is 0 Å². The van der Waals surface area contributed by atoms with Crippen LogP contribution < -0.4 is 0 Å². The van der Waals surface area contributed by atoms with E-state index in [9.17, 15) is 14.7 Å². The lowest BCUT2D eigenvalue weighted by Gasteiger charge is -2.30. The van der Waals surface area contributed by atoms with E-state index in [4.69, 9.17) is 23.2 Å². The summed E-state index contributed by atoms with van der Waals surface area (Å²) in [6.45, 7) is 5.00. The number of carbonyl (C=O) groups excluding carboxylic acids is 1. The van der Waals surface area contributed by atoms with Crippen molar-refractivity contribution in [2.24, 2.45) is 13.0 Å². The normalized spacial score (nSPS) is 14.8. The average Bonchev–Trinajstić information content (AvgIpc) is 3.06. The summed E-state index contributed by atoms with van der Waals surface area (Å²) in [5, 5.41) is 11.3. The maximum atomic E-state index is 13.2. The minimum Gasteiger partial charge on any atom is -0.481 e. The number of rotatable bonds is 4. The molecule has 1 saturated heterocycles. The van der Waals surface area contributed by atoms with E-state index in [0.29, 0.717) is 48.0 Å². The molecule has 1 fully saturated rings. The number of benzene rings is 2. The highest BCUT2D eigenvalue weighted by Crippen LogP contribution is 2.35. The zero-order chi connectivity index (χ0) is 23.2. The Morgan fingerprint density at radius 1 is 1.12 bits per heavy atom. The van der Waals surface area contributed by atoms with Gasteiger partial charge in [-0.3, -0.25) is 9.59 Å². The van der Waals surface area contributed by atoms with Crippen LogP contribution in [0.4, 0.5) is 0 Å². The molecule has 4 rings (SSSR count). The number of likely N-dealkylation sites (tertiary alicyclic amines) is 1. The molecule has 0 saturated carbocycles. The third-order valence-corrected chi connectivity index (χ3v) is 7.21. The fourth-order valence-corrected chi connectivity index (χ4v) is 5.34. The molecule has 1 N–H and O–H groups in total. The zero-order valence-corrected chi connectivity index (χ0v) is 19.9. The molecule has 0 bridgehead atoms. The highest BCUT2D eigenvalue weighted by atomic mass is 35.5. The van der Waals surface area contributed by atoms with Crippen LogP contribution in [-0.2, 0) is 18.3 Å². The first-order valence-corrected chi connectivity index (χ1v) is 11.5. The van der Waals surface area contributed by atoms with Crippen LogP contribution >= 0.6 is 23.2 Å². The molecular weight excluding hydrogens is 447 g/mol. The third-order valence-electron chi connectivity index (χ3n) is 6.42. The summed E-state index contributed by atoms with van der Waals surface area (Å²) >= 11 is 13.3. The van der Waals surface area contributed by atoms with Crippen molar-refractivity contribution in [3.8, 4) is 0 Å². The highest BCUT2D eigenvalue weighted by molar-refractivity contribution is 6.38. The molecule has 2 heterocycles. The number of aromatic nitrogens is 1. The van der Waals surface area contributed by atoms with Crippen LogP contribution in [0.5, 0.6) is 0 Å². The number of aliphatic carboxylic acids is 1. The van der Waals surface area contributed by atoms with Crippen molar-refractivity contribution in [3.63, 3.8) is 0 Å². The first kappa shape index (κ1) is 22.7. The van der Waals surface area contributed by atoms with Gasteiger partial charge >= 0.3 is 5.97 Å². The summed E-state index contributed by atoms with van der Waals surface area (Å²) in [6.07, 6.45) is 3.51. The molecule has 0 aliphatic carbocycles. The molecule has 1 aliphatic rings. The van der Waals surface area contributed by atoms with Crippen LogP contribution in [0.25, 0.3) is 10.9 Å². The molecule has 32 heavy (non-hydrogen) atoms. The molecule has 168 valence electrons. The number of piperidine rings is 1. The highest BCUT2D eigenvalue weighted by Gasteiger charge is 2.29. The number of carbonyl (C=O) groups is 2. The summed E-state index contributed by atoms with van der Waals surface area (Å²) in [4.78, 5) is 26.1. The van der Waals surface area contributed by atoms with E-state index in [1.807, 2.05) is 7.05 Å².